The molecule has 1 N–H and O–H groups in total. The minimum absolute atomic E-state index is 0.337. The average molecular weight is 366 g/mol. The Bertz CT molecular complexity index is 825. The third kappa shape index (κ3) is 6.15. The largest absolute Gasteiger partial charge is 0.494 e. The summed E-state index contributed by atoms with van der Waals surface area (Å²) in [5, 5.41) is 11.5. The van der Waals surface area contributed by atoms with E-state index in [2.05, 4.69) is 12.2 Å². The van der Waals surface area contributed by atoms with Crippen molar-refractivity contribution in [2.75, 3.05) is 11.9 Å². The third-order valence-corrected chi connectivity index (χ3v) is 3.77. The monoisotopic (exact) mass is 366 g/mol. The lowest BCUT2D eigenvalue weighted by molar-refractivity contribution is -0.123. The van der Waals surface area contributed by atoms with E-state index in [0.717, 1.165) is 12.8 Å². The van der Waals surface area contributed by atoms with Crippen LogP contribution in [0.3, 0.4) is 0 Å². The molecule has 27 heavy (non-hydrogen) atoms. The molecule has 0 aliphatic carbocycles. The molecule has 0 aliphatic heterocycles. The van der Waals surface area contributed by atoms with Gasteiger partial charge >= 0.3 is 5.97 Å². The molecule has 0 saturated carbocycles. The Morgan fingerprint density at radius 2 is 1.93 bits per heavy atom. The van der Waals surface area contributed by atoms with E-state index in [1.54, 1.807) is 48.5 Å². The van der Waals surface area contributed by atoms with Gasteiger partial charge in [-0.05, 0) is 55.8 Å². The molecule has 1 atom stereocenters. The number of anilines is 1. The van der Waals surface area contributed by atoms with E-state index in [9.17, 15) is 9.59 Å². The highest BCUT2D eigenvalue weighted by Crippen LogP contribution is 2.15. The summed E-state index contributed by atoms with van der Waals surface area (Å²) in [4.78, 5) is 24.4. The lowest BCUT2D eigenvalue weighted by Crippen LogP contribution is -2.30. The van der Waals surface area contributed by atoms with Crippen molar-refractivity contribution in [1.29, 1.82) is 5.26 Å². The Morgan fingerprint density at radius 3 is 2.59 bits per heavy atom. The Morgan fingerprint density at radius 1 is 1.19 bits per heavy atom. The molecule has 1 amide bonds. The second-order valence-corrected chi connectivity index (χ2v) is 5.96. The zero-order chi connectivity index (χ0) is 19.6. The number of hydrogen-bond donors (Lipinski definition) is 1. The SMILES string of the molecule is CCCCOc1ccc(C(=O)OC(C)C(=O)Nc2cccc(C#N)c2)cc1. The molecule has 0 spiro atoms. The smallest absolute Gasteiger partial charge is 0.338 e. The molecule has 6 heteroatoms. The quantitative estimate of drug-likeness (QED) is 0.565. The van der Waals surface area contributed by atoms with Crippen LogP contribution in [0.1, 0.15) is 42.6 Å². The number of esters is 1. The first-order valence-corrected chi connectivity index (χ1v) is 8.78. The average Bonchev–Trinajstić information content (AvgIpc) is 2.68. The number of nitrogens with zero attached hydrogens (tertiary/aromatic N) is 1. The summed E-state index contributed by atoms with van der Waals surface area (Å²) in [6.45, 7) is 4.20. The molecule has 2 aromatic rings. The summed E-state index contributed by atoms with van der Waals surface area (Å²) in [7, 11) is 0. The molecule has 0 aromatic heterocycles. The van der Waals surface area contributed by atoms with E-state index in [0.29, 0.717) is 29.2 Å². The Kier molecular flexibility index (Phi) is 7.38. The molecule has 0 heterocycles. The number of nitriles is 1. The van der Waals surface area contributed by atoms with E-state index < -0.39 is 18.0 Å². The van der Waals surface area contributed by atoms with Crippen molar-refractivity contribution in [2.24, 2.45) is 0 Å². The highest BCUT2D eigenvalue weighted by atomic mass is 16.5. The van der Waals surface area contributed by atoms with Crippen LogP contribution in [0.15, 0.2) is 48.5 Å². The van der Waals surface area contributed by atoms with Crippen LogP contribution in [-0.2, 0) is 9.53 Å². The molecule has 0 fully saturated rings. The Labute approximate surface area is 158 Å². The van der Waals surface area contributed by atoms with Crippen molar-refractivity contribution in [3.8, 4) is 11.8 Å². The van der Waals surface area contributed by atoms with Crippen LogP contribution in [0.4, 0.5) is 5.69 Å². The number of carbonyl (C=O) groups excluding carboxylic acids is 2. The van der Waals surface area contributed by atoms with E-state index in [4.69, 9.17) is 14.7 Å². The summed E-state index contributed by atoms with van der Waals surface area (Å²) in [5.41, 5.74) is 1.23. The minimum Gasteiger partial charge on any atom is -0.494 e. The molecule has 6 nitrogen and oxygen atoms in total. The molecule has 0 radical (unpaired) electrons. The fourth-order valence-corrected chi connectivity index (χ4v) is 2.21. The summed E-state index contributed by atoms with van der Waals surface area (Å²) < 4.78 is 10.8. The zero-order valence-electron chi connectivity index (χ0n) is 15.4. The van der Waals surface area contributed by atoms with Gasteiger partial charge in [0, 0.05) is 5.69 Å². The van der Waals surface area contributed by atoms with Gasteiger partial charge in [-0.3, -0.25) is 4.79 Å². The minimum atomic E-state index is -0.983. The number of hydrogen-bond acceptors (Lipinski definition) is 5. The summed E-state index contributed by atoms with van der Waals surface area (Å²) in [6, 6.07) is 15.1. The molecule has 140 valence electrons. The van der Waals surface area contributed by atoms with Gasteiger partial charge in [0.2, 0.25) is 0 Å². The van der Waals surface area contributed by atoms with Crippen molar-refractivity contribution in [1.82, 2.24) is 0 Å². The van der Waals surface area contributed by atoms with Crippen LogP contribution in [0, 0.1) is 11.3 Å². The number of benzene rings is 2. The van der Waals surface area contributed by atoms with Crippen molar-refractivity contribution in [3.05, 3.63) is 59.7 Å². The zero-order valence-corrected chi connectivity index (χ0v) is 15.4. The van der Waals surface area contributed by atoms with Crippen molar-refractivity contribution in [3.63, 3.8) is 0 Å². The van der Waals surface area contributed by atoms with E-state index in [-0.39, 0.29) is 0 Å². The highest BCUT2D eigenvalue weighted by Gasteiger charge is 2.19. The fourth-order valence-electron chi connectivity index (χ4n) is 2.21. The van der Waals surface area contributed by atoms with Gasteiger partial charge in [-0.2, -0.15) is 5.26 Å². The van der Waals surface area contributed by atoms with Crippen LogP contribution < -0.4 is 10.1 Å². The van der Waals surface area contributed by atoms with Gasteiger partial charge in [-0.25, -0.2) is 4.79 Å². The van der Waals surface area contributed by atoms with Crippen molar-refractivity contribution < 1.29 is 19.1 Å². The molecular weight excluding hydrogens is 344 g/mol. The Balaban J connectivity index is 1.90. The third-order valence-electron chi connectivity index (χ3n) is 3.77. The molecule has 0 bridgehead atoms. The second kappa shape index (κ2) is 9.97. The van der Waals surface area contributed by atoms with Gasteiger partial charge in [0.05, 0.1) is 23.8 Å². The second-order valence-electron chi connectivity index (χ2n) is 5.96. The number of ether oxygens (including phenoxy) is 2. The van der Waals surface area contributed by atoms with Crippen LogP contribution in [-0.4, -0.2) is 24.6 Å². The first kappa shape index (κ1) is 20.0. The number of amides is 1. The molecular formula is C21H22N2O4. The van der Waals surface area contributed by atoms with Crippen LogP contribution in [0.5, 0.6) is 5.75 Å². The standard InChI is InChI=1S/C21H22N2O4/c1-3-4-12-26-19-10-8-17(9-11-19)21(25)27-15(2)20(24)23-18-7-5-6-16(13-18)14-22/h5-11,13,15H,3-4,12H2,1-2H3,(H,23,24). The number of carbonyl (C=O) groups is 2. The first-order valence-electron chi connectivity index (χ1n) is 8.78. The summed E-state index contributed by atoms with van der Waals surface area (Å²) in [6.07, 6.45) is 1.03. The van der Waals surface area contributed by atoms with Gasteiger partial charge in [0.25, 0.3) is 5.91 Å². The molecule has 0 aliphatic rings. The van der Waals surface area contributed by atoms with E-state index in [1.807, 2.05) is 6.07 Å². The van der Waals surface area contributed by atoms with E-state index in [1.165, 1.54) is 6.92 Å². The van der Waals surface area contributed by atoms with E-state index >= 15 is 0 Å². The van der Waals surface area contributed by atoms with Gasteiger partial charge in [-0.15, -0.1) is 0 Å². The normalized spacial score (nSPS) is 11.1. The fraction of sp³-hybridized carbons (Fsp3) is 0.286. The van der Waals surface area contributed by atoms with Crippen molar-refractivity contribution in [2.45, 2.75) is 32.8 Å². The summed E-state index contributed by atoms with van der Waals surface area (Å²) >= 11 is 0. The maximum Gasteiger partial charge on any atom is 0.338 e. The van der Waals surface area contributed by atoms with Crippen LogP contribution in [0.2, 0.25) is 0 Å². The van der Waals surface area contributed by atoms with Crippen molar-refractivity contribution >= 4 is 17.6 Å². The predicted molar refractivity (Wildman–Crippen MR) is 102 cm³/mol. The highest BCUT2D eigenvalue weighted by molar-refractivity contribution is 5.97. The molecule has 2 rings (SSSR count). The van der Waals surface area contributed by atoms with Gasteiger partial charge in [0.1, 0.15) is 5.75 Å². The Hall–Kier alpha value is -3.33. The lowest BCUT2D eigenvalue weighted by Gasteiger charge is -2.14. The predicted octanol–water partition coefficient (Wildman–Crippen LogP) is 3.92. The number of nitrogens with one attached hydrogen (secondary N) is 1. The maximum atomic E-state index is 12.2. The van der Waals surface area contributed by atoms with Gasteiger partial charge in [-0.1, -0.05) is 19.4 Å². The number of rotatable bonds is 8. The topological polar surface area (TPSA) is 88.4 Å². The molecule has 1 unspecified atom stereocenters. The first-order chi connectivity index (χ1) is 13.0. The summed E-state index contributed by atoms with van der Waals surface area (Å²) in [5.74, 6) is -0.385. The van der Waals surface area contributed by atoms with Crippen LogP contribution in [0.25, 0.3) is 0 Å². The maximum absolute atomic E-state index is 12.2. The van der Waals surface area contributed by atoms with Crippen LogP contribution >= 0.6 is 0 Å². The molecule has 0 saturated heterocycles. The van der Waals surface area contributed by atoms with Gasteiger partial charge in [0.15, 0.2) is 6.10 Å². The number of unbranched alkanes of at least 4 members (excludes halogenated alkanes) is 1. The molecule has 2 aromatic carbocycles. The lowest BCUT2D eigenvalue weighted by atomic mass is 10.2. The van der Waals surface area contributed by atoms with Gasteiger partial charge < -0.3 is 14.8 Å².